The third-order valence-electron chi connectivity index (χ3n) is 4.95. The van der Waals surface area contributed by atoms with Crippen LogP contribution in [-0.2, 0) is 0 Å². The van der Waals surface area contributed by atoms with E-state index in [2.05, 4.69) is 11.8 Å². The van der Waals surface area contributed by atoms with E-state index >= 15 is 0 Å². The first-order chi connectivity index (χ1) is 8.29. The van der Waals surface area contributed by atoms with E-state index in [0.717, 1.165) is 18.3 Å². The molecule has 2 N–H and O–H groups in total. The van der Waals surface area contributed by atoms with Gasteiger partial charge in [0.15, 0.2) is 0 Å². The van der Waals surface area contributed by atoms with E-state index in [0.29, 0.717) is 6.04 Å². The Morgan fingerprint density at radius 3 is 2.71 bits per heavy atom. The average Bonchev–Trinajstić information content (AvgIpc) is 2.38. The Kier molecular flexibility index (Phi) is 5.30. The molecule has 3 atom stereocenters. The van der Waals surface area contributed by atoms with E-state index in [4.69, 9.17) is 5.73 Å². The molecule has 17 heavy (non-hydrogen) atoms. The van der Waals surface area contributed by atoms with E-state index in [1.807, 2.05) is 0 Å². The number of likely N-dealkylation sites (tertiary alicyclic amines) is 1. The quantitative estimate of drug-likeness (QED) is 0.798. The van der Waals surface area contributed by atoms with Gasteiger partial charge in [0.05, 0.1) is 0 Å². The summed E-state index contributed by atoms with van der Waals surface area (Å²) in [5.41, 5.74) is 5.98. The normalized spacial score (nSPS) is 32.1. The first-order valence-corrected chi connectivity index (χ1v) is 7.77. The lowest BCUT2D eigenvalue weighted by molar-refractivity contribution is 0.0854. The molecular formula is C15H30N2. The molecule has 1 heterocycles. The summed E-state index contributed by atoms with van der Waals surface area (Å²) >= 11 is 0. The standard InChI is InChI=1S/C15H30N2/c1-2-15(16)8-5-10-17-11-9-13-6-3-4-7-14(13)12-17/h13-15H,2-12,16H2,1H3. The van der Waals surface area contributed by atoms with Crippen molar-refractivity contribution in [3.8, 4) is 0 Å². The van der Waals surface area contributed by atoms with Gasteiger partial charge in [-0.2, -0.15) is 0 Å². The van der Waals surface area contributed by atoms with Gasteiger partial charge in [0, 0.05) is 12.6 Å². The van der Waals surface area contributed by atoms with Gasteiger partial charge in [-0.1, -0.05) is 26.2 Å². The maximum absolute atomic E-state index is 5.98. The minimum absolute atomic E-state index is 0.433. The highest BCUT2D eigenvalue weighted by Crippen LogP contribution is 2.35. The number of nitrogens with zero attached hydrogens (tertiary/aromatic N) is 1. The first-order valence-electron chi connectivity index (χ1n) is 7.77. The Labute approximate surface area is 107 Å². The van der Waals surface area contributed by atoms with Gasteiger partial charge in [0.25, 0.3) is 0 Å². The molecule has 1 saturated carbocycles. The third-order valence-corrected chi connectivity index (χ3v) is 4.95. The molecule has 0 amide bonds. The van der Waals surface area contributed by atoms with Crippen LogP contribution in [0.4, 0.5) is 0 Å². The monoisotopic (exact) mass is 238 g/mol. The lowest BCUT2D eigenvalue weighted by Gasteiger charge is -2.41. The topological polar surface area (TPSA) is 29.3 Å². The Bertz CT molecular complexity index is 217. The predicted octanol–water partition coefficient (Wildman–Crippen LogP) is 3.02. The van der Waals surface area contributed by atoms with E-state index < -0.39 is 0 Å². The number of hydrogen-bond donors (Lipinski definition) is 1. The fourth-order valence-electron chi connectivity index (χ4n) is 3.66. The largest absolute Gasteiger partial charge is 0.328 e. The summed E-state index contributed by atoms with van der Waals surface area (Å²) in [6, 6.07) is 0.433. The van der Waals surface area contributed by atoms with E-state index in [-0.39, 0.29) is 0 Å². The third kappa shape index (κ3) is 3.96. The van der Waals surface area contributed by atoms with Crippen LogP contribution >= 0.6 is 0 Å². The maximum atomic E-state index is 5.98. The van der Waals surface area contributed by atoms with Crippen LogP contribution in [0.1, 0.15) is 58.3 Å². The van der Waals surface area contributed by atoms with Crippen LogP contribution in [-0.4, -0.2) is 30.6 Å². The zero-order valence-corrected chi connectivity index (χ0v) is 11.5. The predicted molar refractivity (Wildman–Crippen MR) is 74.0 cm³/mol. The summed E-state index contributed by atoms with van der Waals surface area (Å²) in [4.78, 5) is 2.70. The van der Waals surface area contributed by atoms with Crippen molar-refractivity contribution < 1.29 is 0 Å². The van der Waals surface area contributed by atoms with Crippen LogP contribution in [0.2, 0.25) is 0 Å². The number of piperidine rings is 1. The minimum atomic E-state index is 0.433. The van der Waals surface area contributed by atoms with Crippen molar-refractivity contribution >= 4 is 0 Å². The highest BCUT2D eigenvalue weighted by atomic mass is 15.1. The summed E-state index contributed by atoms with van der Waals surface area (Å²) in [6.45, 7) is 6.21. The smallest absolute Gasteiger partial charge is 0.00366 e. The van der Waals surface area contributed by atoms with Gasteiger partial charge in [-0.25, -0.2) is 0 Å². The van der Waals surface area contributed by atoms with Gasteiger partial charge >= 0.3 is 0 Å². The van der Waals surface area contributed by atoms with Crippen LogP contribution in [0.5, 0.6) is 0 Å². The van der Waals surface area contributed by atoms with Gasteiger partial charge in [0.2, 0.25) is 0 Å². The molecule has 100 valence electrons. The molecule has 2 nitrogen and oxygen atoms in total. The van der Waals surface area contributed by atoms with E-state index in [1.165, 1.54) is 64.6 Å². The molecule has 0 aromatic carbocycles. The molecule has 0 radical (unpaired) electrons. The summed E-state index contributed by atoms with van der Waals surface area (Å²) in [5, 5.41) is 0. The maximum Gasteiger partial charge on any atom is 0.00366 e. The lowest BCUT2D eigenvalue weighted by Crippen LogP contribution is -2.42. The second-order valence-corrected chi connectivity index (χ2v) is 6.20. The molecule has 2 heteroatoms. The van der Waals surface area contributed by atoms with Crippen LogP contribution in [0.3, 0.4) is 0 Å². The van der Waals surface area contributed by atoms with Crippen molar-refractivity contribution in [2.24, 2.45) is 17.6 Å². The van der Waals surface area contributed by atoms with Gasteiger partial charge in [-0.3, -0.25) is 0 Å². The van der Waals surface area contributed by atoms with Crippen LogP contribution in [0, 0.1) is 11.8 Å². The van der Waals surface area contributed by atoms with Crippen molar-refractivity contribution in [2.45, 2.75) is 64.3 Å². The fourth-order valence-corrected chi connectivity index (χ4v) is 3.66. The molecule has 3 unspecified atom stereocenters. The molecule has 0 bridgehead atoms. The van der Waals surface area contributed by atoms with E-state index in [9.17, 15) is 0 Å². The highest BCUT2D eigenvalue weighted by Gasteiger charge is 2.30. The Hall–Kier alpha value is -0.0800. The summed E-state index contributed by atoms with van der Waals surface area (Å²) in [6.07, 6.45) is 11.1. The van der Waals surface area contributed by atoms with Crippen molar-refractivity contribution in [3.05, 3.63) is 0 Å². The van der Waals surface area contributed by atoms with Crippen molar-refractivity contribution in [1.82, 2.24) is 4.90 Å². The second kappa shape index (κ2) is 6.75. The summed E-state index contributed by atoms with van der Waals surface area (Å²) < 4.78 is 0. The molecule has 1 aliphatic heterocycles. The Morgan fingerprint density at radius 2 is 1.94 bits per heavy atom. The van der Waals surface area contributed by atoms with Crippen LogP contribution in [0.25, 0.3) is 0 Å². The van der Waals surface area contributed by atoms with Gasteiger partial charge < -0.3 is 10.6 Å². The second-order valence-electron chi connectivity index (χ2n) is 6.20. The molecule has 2 rings (SSSR count). The van der Waals surface area contributed by atoms with Gasteiger partial charge in [-0.05, 0) is 57.0 Å². The molecule has 1 saturated heterocycles. The Morgan fingerprint density at radius 1 is 1.18 bits per heavy atom. The zero-order valence-electron chi connectivity index (χ0n) is 11.5. The molecule has 2 fully saturated rings. The van der Waals surface area contributed by atoms with Crippen LogP contribution < -0.4 is 5.73 Å². The fraction of sp³-hybridized carbons (Fsp3) is 1.00. The Balaban J connectivity index is 1.65. The number of fused-ring (bicyclic) bond motifs is 1. The van der Waals surface area contributed by atoms with Crippen molar-refractivity contribution in [3.63, 3.8) is 0 Å². The van der Waals surface area contributed by atoms with E-state index in [1.54, 1.807) is 0 Å². The minimum Gasteiger partial charge on any atom is -0.328 e. The number of nitrogens with two attached hydrogens (primary N) is 1. The lowest BCUT2D eigenvalue weighted by atomic mass is 9.75. The zero-order chi connectivity index (χ0) is 12.1. The van der Waals surface area contributed by atoms with Gasteiger partial charge in [-0.15, -0.1) is 0 Å². The van der Waals surface area contributed by atoms with Crippen molar-refractivity contribution in [2.75, 3.05) is 19.6 Å². The molecule has 1 aliphatic carbocycles. The first kappa shape index (κ1) is 13.4. The molecule has 0 aromatic rings. The number of rotatable bonds is 5. The molecule has 2 aliphatic rings. The summed E-state index contributed by atoms with van der Waals surface area (Å²) in [7, 11) is 0. The number of hydrogen-bond acceptors (Lipinski definition) is 2. The highest BCUT2D eigenvalue weighted by molar-refractivity contribution is 4.83. The van der Waals surface area contributed by atoms with Crippen molar-refractivity contribution in [1.29, 1.82) is 0 Å². The SMILES string of the molecule is CCC(N)CCCN1CCC2CCCCC2C1. The summed E-state index contributed by atoms with van der Waals surface area (Å²) in [5.74, 6) is 2.09. The molecule has 0 aromatic heterocycles. The molecule has 0 spiro atoms. The molecular weight excluding hydrogens is 208 g/mol. The average molecular weight is 238 g/mol. The van der Waals surface area contributed by atoms with Crippen LogP contribution in [0.15, 0.2) is 0 Å². The van der Waals surface area contributed by atoms with Gasteiger partial charge in [0.1, 0.15) is 0 Å².